The van der Waals surface area contributed by atoms with Crippen molar-refractivity contribution in [2.45, 2.75) is 38.1 Å². The first kappa shape index (κ1) is 19.7. The van der Waals surface area contributed by atoms with Crippen LogP contribution in [0.1, 0.15) is 32.1 Å². The summed E-state index contributed by atoms with van der Waals surface area (Å²) in [6.07, 6.45) is 5.15. The van der Waals surface area contributed by atoms with E-state index in [0.29, 0.717) is 12.4 Å². The van der Waals surface area contributed by atoms with Gasteiger partial charge in [-0.2, -0.15) is 0 Å². The highest BCUT2D eigenvalue weighted by molar-refractivity contribution is 7.99. The van der Waals surface area contributed by atoms with E-state index in [0.717, 1.165) is 74.5 Å². The van der Waals surface area contributed by atoms with Gasteiger partial charge in [0.25, 0.3) is 0 Å². The molecule has 1 aromatic heterocycles. The minimum absolute atomic E-state index is 0.123. The smallest absolute Gasteiger partial charge is 0.246 e. The third-order valence-electron chi connectivity index (χ3n) is 6.64. The van der Waals surface area contributed by atoms with E-state index in [2.05, 4.69) is 9.88 Å². The molecule has 1 N–H and O–H groups in total. The van der Waals surface area contributed by atoms with Crippen LogP contribution in [0.4, 0.5) is 5.95 Å². The van der Waals surface area contributed by atoms with Crippen LogP contribution >= 0.6 is 11.8 Å². The van der Waals surface area contributed by atoms with Crippen molar-refractivity contribution in [2.24, 2.45) is 5.92 Å². The number of amides is 2. The Morgan fingerprint density at radius 2 is 1.83 bits per heavy atom. The molecule has 0 radical (unpaired) electrons. The van der Waals surface area contributed by atoms with Crippen molar-refractivity contribution < 1.29 is 9.59 Å². The van der Waals surface area contributed by atoms with Gasteiger partial charge >= 0.3 is 0 Å². The molecule has 2 saturated heterocycles. The number of imidazole rings is 1. The van der Waals surface area contributed by atoms with Crippen molar-refractivity contribution in [3.63, 3.8) is 0 Å². The van der Waals surface area contributed by atoms with Gasteiger partial charge in [-0.1, -0.05) is 25.0 Å². The van der Waals surface area contributed by atoms with Crippen molar-refractivity contribution in [3.8, 4) is 0 Å². The van der Waals surface area contributed by atoms with E-state index in [-0.39, 0.29) is 23.8 Å². The predicted octanol–water partition coefficient (Wildman–Crippen LogP) is 2.69. The van der Waals surface area contributed by atoms with E-state index in [1.54, 1.807) is 11.8 Å². The second kappa shape index (κ2) is 8.49. The number of carbonyl (C=O) groups excluding carboxylic acids is 2. The normalized spacial score (nSPS) is 23.3. The Balaban J connectivity index is 1.24. The lowest BCUT2D eigenvalue weighted by Gasteiger charge is -2.30. The number of nitrogens with zero attached hydrogens (tertiary/aromatic N) is 4. The van der Waals surface area contributed by atoms with Gasteiger partial charge in [0.1, 0.15) is 6.04 Å². The first-order chi connectivity index (χ1) is 14.7. The summed E-state index contributed by atoms with van der Waals surface area (Å²) in [5, 5.41) is 0. The summed E-state index contributed by atoms with van der Waals surface area (Å²) in [7, 11) is 0. The van der Waals surface area contributed by atoms with Crippen LogP contribution in [0.5, 0.6) is 0 Å². The number of thioether (sulfide) groups is 1. The number of fused-ring (bicyclic) bond motifs is 1. The summed E-state index contributed by atoms with van der Waals surface area (Å²) in [5.74, 6) is 2.71. The zero-order valence-electron chi connectivity index (χ0n) is 17.3. The number of para-hydroxylation sites is 2. The zero-order chi connectivity index (χ0) is 20.5. The molecule has 1 unspecified atom stereocenters. The average Bonchev–Trinajstić information content (AvgIpc) is 3.50. The number of benzene rings is 1. The van der Waals surface area contributed by atoms with E-state index in [1.807, 2.05) is 34.1 Å². The maximum absolute atomic E-state index is 13.3. The molecule has 0 bridgehead atoms. The Kier molecular flexibility index (Phi) is 5.58. The molecule has 3 heterocycles. The van der Waals surface area contributed by atoms with Crippen molar-refractivity contribution in [3.05, 3.63) is 24.3 Å². The van der Waals surface area contributed by atoms with E-state index in [9.17, 15) is 9.59 Å². The first-order valence-electron chi connectivity index (χ1n) is 11.1. The Morgan fingerprint density at radius 3 is 2.67 bits per heavy atom. The molecular weight excluding hydrogens is 398 g/mol. The highest BCUT2D eigenvalue weighted by Crippen LogP contribution is 2.31. The van der Waals surface area contributed by atoms with Gasteiger partial charge in [0.15, 0.2) is 0 Å². The van der Waals surface area contributed by atoms with Crippen molar-refractivity contribution in [2.75, 3.05) is 42.7 Å². The molecule has 1 aromatic carbocycles. The molecule has 3 aliphatic rings. The number of H-pyrrole nitrogens is 1. The second-order valence-corrected chi connectivity index (χ2v) is 9.55. The molecule has 30 heavy (non-hydrogen) atoms. The number of rotatable bonds is 3. The highest BCUT2D eigenvalue weighted by Gasteiger charge is 2.40. The molecule has 2 amide bonds. The van der Waals surface area contributed by atoms with Gasteiger partial charge in [-0.05, 0) is 31.4 Å². The Bertz CT molecular complexity index is 892. The lowest BCUT2D eigenvalue weighted by atomic mass is 10.1. The zero-order valence-corrected chi connectivity index (χ0v) is 18.1. The van der Waals surface area contributed by atoms with Crippen LogP contribution in [0.25, 0.3) is 11.0 Å². The van der Waals surface area contributed by atoms with E-state index >= 15 is 0 Å². The van der Waals surface area contributed by atoms with Crippen LogP contribution in [-0.4, -0.2) is 75.4 Å². The number of carbonyl (C=O) groups is 2. The molecule has 0 spiro atoms. The fourth-order valence-electron chi connectivity index (χ4n) is 4.92. The number of hydrogen-bond donors (Lipinski definition) is 1. The number of hydrogen-bond acceptors (Lipinski definition) is 5. The average molecular weight is 428 g/mol. The summed E-state index contributed by atoms with van der Waals surface area (Å²) in [6.45, 7) is 3.03. The quantitative estimate of drug-likeness (QED) is 0.815. The third kappa shape index (κ3) is 3.77. The van der Waals surface area contributed by atoms with Crippen molar-refractivity contribution in [1.29, 1.82) is 0 Å². The van der Waals surface area contributed by atoms with Crippen LogP contribution in [0.15, 0.2) is 24.3 Å². The van der Waals surface area contributed by atoms with Crippen LogP contribution in [0.2, 0.25) is 0 Å². The van der Waals surface area contributed by atoms with Crippen LogP contribution in [-0.2, 0) is 9.59 Å². The van der Waals surface area contributed by atoms with Crippen LogP contribution < -0.4 is 4.90 Å². The van der Waals surface area contributed by atoms with Gasteiger partial charge in [0.05, 0.1) is 16.9 Å². The topological polar surface area (TPSA) is 72.5 Å². The van der Waals surface area contributed by atoms with E-state index in [1.165, 1.54) is 0 Å². The molecule has 8 heteroatoms. The number of nitrogens with one attached hydrogen (secondary N) is 1. The molecule has 1 atom stereocenters. The maximum Gasteiger partial charge on any atom is 0.246 e. The Hall–Kier alpha value is -2.22. The monoisotopic (exact) mass is 427 g/mol. The standard InChI is InChI=1S/C22H29N5O2S/c28-20(16-6-1-2-7-16)27-15-30-14-19(27)21(29)25-10-5-11-26(13-12-25)22-23-17-8-3-4-9-18(17)24-22/h3-4,8-9,16,19H,1-2,5-7,10-15H2,(H,23,24). The Morgan fingerprint density at radius 1 is 1.00 bits per heavy atom. The lowest BCUT2D eigenvalue weighted by molar-refractivity contribution is -0.145. The van der Waals surface area contributed by atoms with Gasteiger partial charge in [-0.15, -0.1) is 11.8 Å². The van der Waals surface area contributed by atoms with Gasteiger partial charge in [0, 0.05) is 37.8 Å². The molecule has 5 rings (SSSR count). The van der Waals surface area contributed by atoms with Gasteiger partial charge in [0.2, 0.25) is 17.8 Å². The molecule has 2 aliphatic heterocycles. The second-order valence-electron chi connectivity index (χ2n) is 8.55. The molecule has 3 fully saturated rings. The fourth-order valence-corrected chi connectivity index (χ4v) is 6.08. The van der Waals surface area contributed by atoms with Crippen LogP contribution in [0, 0.1) is 5.92 Å². The summed E-state index contributed by atoms with van der Waals surface area (Å²) in [5.41, 5.74) is 2.00. The summed E-state index contributed by atoms with van der Waals surface area (Å²) < 4.78 is 0. The minimum atomic E-state index is -0.291. The van der Waals surface area contributed by atoms with Gasteiger partial charge in [-0.3, -0.25) is 9.59 Å². The molecule has 160 valence electrons. The Labute approximate surface area is 181 Å². The summed E-state index contributed by atoms with van der Waals surface area (Å²) in [4.78, 5) is 40.5. The molecule has 7 nitrogen and oxygen atoms in total. The van der Waals surface area contributed by atoms with Gasteiger partial charge in [-0.25, -0.2) is 4.98 Å². The molecule has 1 aliphatic carbocycles. The van der Waals surface area contributed by atoms with Crippen LogP contribution in [0.3, 0.4) is 0 Å². The maximum atomic E-state index is 13.3. The number of aromatic amines is 1. The van der Waals surface area contributed by atoms with E-state index in [4.69, 9.17) is 4.98 Å². The number of aromatic nitrogens is 2. The largest absolute Gasteiger partial charge is 0.341 e. The van der Waals surface area contributed by atoms with Gasteiger partial charge < -0.3 is 19.7 Å². The molecule has 1 saturated carbocycles. The third-order valence-corrected chi connectivity index (χ3v) is 7.65. The summed E-state index contributed by atoms with van der Waals surface area (Å²) in [6, 6.07) is 7.75. The van der Waals surface area contributed by atoms with E-state index < -0.39 is 0 Å². The number of anilines is 1. The predicted molar refractivity (Wildman–Crippen MR) is 119 cm³/mol. The minimum Gasteiger partial charge on any atom is -0.341 e. The lowest BCUT2D eigenvalue weighted by Crippen LogP contribution is -2.51. The first-order valence-corrected chi connectivity index (χ1v) is 12.2. The molecule has 2 aromatic rings. The van der Waals surface area contributed by atoms with Crippen molar-refractivity contribution in [1.82, 2.24) is 19.8 Å². The SMILES string of the molecule is O=C(C1CSCN1C(=O)C1CCCC1)N1CCCN(c2nc3ccccc3[nH]2)CC1. The molecular formula is C22H29N5O2S. The fraction of sp³-hybridized carbons (Fsp3) is 0.591. The summed E-state index contributed by atoms with van der Waals surface area (Å²) >= 11 is 1.71. The highest BCUT2D eigenvalue weighted by atomic mass is 32.2. The van der Waals surface area contributed by atoms with Crippen molar-refractivity contribution >= 4 is 40.6 Å².